The summed E-state index contributed by atoms with van der Waals surface area (Å²) in [6, 6.07) is 6.18. The molecule has 0 heterocycles. The summed E-state index contributed by atoms with van der Waals surface area (Å²) in [6.07, 6.45) is 0.00495. The second-order valence-electron chi connectivity index (χ2n) is 4.31. The van der Waals surface area contributed by atoms with Crippen LogP contribution in [0.5, 0.6) is 0 Å². The molecule has 0 amide bonds. The first-order valence-electron chi connectivity index (χ1n) is 6.37. The maximum Gasteiger partial charge on any atom is 0.307 e. The van der Waals surface area contributed by atoms with E-state index in [2.05, 4.69) is 4.72 Å². The Morgan fingerprint density at radius 3 is 2.45 bits per heavy atom. The highest BCUT2D eigenvalue weighted by Gasteiger charge is 2.14. The third-order valence-electron chi connectivity index (χ3n) is 2.64. The van der Waals surface area contributed by atoms with Crippen molar-refractivity contribution in [3.05, 3.63) is 29.8 Å². The quantitative estimate of drug-likeness (QED) is 0.730. The van der Waals surface area contributed by atoms with Gasteiger partial charge in [-0.1, -0.05) is 12.1 Å². The van der Waals surface area contributed by atoms with Crippen molar-refractivity contribution in [3.8, 4) is 0 Å². The molecule has 0 spiro atoms. The predicted octanol–water partition coefficient (Wildman–Crippen LogP) is 0.938. The third kappa shape index (κ3) is 4.92. The zero-order valence-electron chi connectivity index (χ0n) is 11.6. The normalized spacial score (nSPS) is 12.9. The number of nitrogens with two attached hydrogens (primary N) is 1. The Morgan fingerprint density at radius 1 is 1.35 bits per heavy atom. The summed E-state index contributed by atoms with van der Waals surface area (Å²) in [5, 5.41) is 0. The molecule has 7 heteroatoms. The van der Waals surface area contributed by atoms with Crippen LogP contribution in [-0.2, 0) is 19.6 Å². The van der Waals surface area contributed by atoms with Gasteiger partial charge in [0.2, 0.25) is 10.0 Å². The smallest absolute Gasteiger partial charge is 0.307 e. The first-order chi connectivity index (χ1) is 9.36. The molecule has 0 bridgehead atoms. The van der Waals surface area contributed by atoms with Crippen LogP contribution < -0.4 is 10.5 Å². The summed E-state index contributed by atoms with van der Waals surface area (Å²) >= 11 is 0. The van der Waals surface area contributed by atoms with E-state index in [0.29, 0.717) is 0 Å². The van der Waals surface area contributed by atoms with Gasteiger partial charge < -0.3 is 10.5 Å². The lowest BCUT2D eigenvalue weighted by Crippen LogP contribution is -2.26. The standard InChI is InChI=1S/C13H20N2O4S/c1-3-19-13(16)8-9-15-20(17,18)12-6-4-11(5-7-12)10(2)14/h4-7,10,15H,3,8-9,14H2,1-2H3. The molecule has 0 aliphatic carbocycles. The van der Waals surface area contributed by atoms with E-state index in [1.54, 1.807) is 19.1 Å². The van der Waals surface area contributed by atoms with Gasteiger partial charge in [-0.25, -0.2) is 13.1 Å². The van der Waals surface area contributed by atoms with Crippen molar-refractivity contribution in [3.63, 3.8) is 0 Å². The second-order valence-corrected chi connectivity index (χ2v) is 6.08. The van der Waals surface area contributed by atoms with Crippen LogP contribution in [0, 0.1) is 0 Å². The summed E-state index contributed by atoms with van der Waals surface area (Å²) < 4.78 is 31.0. The number of sulfonamides is 1. The van der Waals surface area contributed by atoms with E-state index in [1.165, 1.54) is 12.1 Å². The van der Waals surface area contributed by atoms with E-state index in [-0.39, 0.29) is 30.5 Å². The van der Waals surface area contributed by atoms with Gasteiger partial charge in [-0.15, -0.1) is 0 Å². The number of hydrogen-bond acceptors (Lipinski definition) is 5. The fourth-order valence-corrected chi connectivity index (χ4v) is 2.59. The summed E-state index contributed by atoms with van der Waals surface area (Å²) in [7, 11) is -3.61. The monoisotopic (exact) mass is 300 g/mol. The number of rotatable bonds is 7. The average molecular weight is 300 g/mol. The molecule has 0 aliphatic rings. The molecule has 3 N–H and O–H groups in total. The molecule has 1 aromatic carbocycles. The number of hydrogen-bond donors (Lipinski definition) is 2. The Hall–Kier alpha value is -1.44. The molecule has 112 valence electrons. The minimum absolute atomic E-state index is 0.00495. The first-order valence-corrected chi connectivity index (χ1v) is 7.86. The highest BCUT2D eigenvalue weighted by molar-refractivity contribution is 7.89. The van der Waals surface area contributed by atoms with Crippen LogP contribution in [0.1, 0.15) is 31.9 Å². The van der Waals surface area contributed by atoms with Crippen molar-refractivity contribution >= 4 is 16.0 Å². The Bertz CT molecular complexity index is 538. The topological polar surface area (TPSA) is 98.5 Å². The third-order valence-corrected chi connectivity index (χ3v) is 4.12. The predicted molar refractivity (Wildman–Crippen MR) is 75.5 cm³/mol. The van der Waals surface area contributed by atoms with Crippen molar-refractivity contribution < 1.29 is 17.9 Å². The van der Waals surface area contributed by atoms with Crippen molar-refractivity contribution in [2.24, 2.45) is 5.73 Å². The van der Waals surface area contributed by atoms with Crippen molar-refractivity contribution in [2.45, 2.75) is 31.2 Å². The molecule has 0 aromatic heterocycles. The zero-order valence-corrected chi connectivity index (χ0v) is 12.4. The minimum atomic E-state index is -3.61. The highest BCUT2D eigenvalue weighted by atomic mass is 32.2. The summed E-state index contributed by atoms with van der Waals surface area (Å²) in [4.78, 5) is 11.3. The number of ether oxygens (including phenoxy) is 1. The van der Waals surface area contributed by atoms with Gasteiger partial charge in [-0.2, -0.15) is 0 Å². The van der Waals surface area contributed by atoms with Crippen LogP contribution in [0.2, 0.25) is 0 Å². The molecule has 1 rings (SSSR count). The molecule has 6 nitrogen and oxygen atoms in total. The van der Waals surface area contributed by atoms with Crippen LogP contribution in [-0.4, -0.2) is 27.5 Å². The molecule has 1 aromatic rings. The van der Waals surface area contributed by atoms with Gasteiger partial charge in [0.25, 0.3) is 0 Å². The highest BCUT2D eigenvalue weighted by Crippen LogP contribution is 2.14. The number of nitrogens with one attached hydrogen (secondary N) is 1. The number of esters is 1. The van der Waals surface area contributed by atoms with E-state index in [9.17, 15) is 13.2 Å². The Kier molecular flexibility index (Phi) is 6.12. The Labute approximate surface area is 119 Å². The molecule has 0 saturated carbocycles. The van der Waals surface area contributed by atoms with Crippen molar-refractivity contribution in [1.82, 2.24) is 4.72 Å². The minimum Gasteiger partial charge on any atom is -0.466 e. The van der Waals surface area contributed by atoms with Gasteiger partial charge in [-0.05, 0) is 31.5 Å². The Morgan fingerprint density at radius 2 is 1.95 bits per heavy atom. The van der Waals surface area contributed by atoms with Gasteiger partial charge in [0.1, 0.15) is 0 Å². The summed E-state index contributed by atoms with van der Waals surface area (Å²) in [6.45, 7) is 3.81. The zero-order chi connectivity index (χ0) is 15.2. The van der Waals surface area contributed by atoms with Crippen LogP contribution in [0.4, 0.5) is 0 Å². The molecule has 1 atom stereocenters. The van der Waals surface area contributed by atoms with Crippen molar-refractivity contribution in [1.29, 1.82) is 0 Å². The number of carbonyl (C=O) groups excluding carboxylic acids is 1. The summed E-state index contributed by atoms with van der Waals surface area (Å²) in [5.74, 6) is -0.428. The molecule has 0 saturated heterocycles. The molecule has 20 heavy (non-hydrogen) atoms. The fraction of sp³-hybridized carbons (Fsp3) is 0.462. The van der Waals surface area contributed by atoms with Crippen LogP contribution in [0.3, 0.4) is 0 Å². The van der Waals surface area contributed by atoms with Gasteiger partial charge in [0.05, 0.1) is 17.9 Å². The number of benzene rings is 1. The van der Waals surface area contributed by atoms with E-state index in [1.807, 2.05) is 6.92 Å². The van der Waals surface area contributed by atoms with Gasteiger partial charge in [0.15, 0.2) is 0 Å². The van der Waals surface area contributed by atoms with Crippen molar-refractivity contribution in [2.75, 3.05) is 13.2 Å². The lowest BCUT2D eigenvalue weighted by molar-refractivity contribution is -0.142. The van der Waals surface area contributed by atoms with E-state index < -0.39 is 16.0 Å². The second kappa shape index (κ2) is 7.37. The fourth-order valence-electron chi connectivity index (χ4n) is 1.55. The number of carbonyl (C=O) groups is 1. The molecule has 0 aliphatic heterocycles. The molecular weight excluding hydrogens is 280 g/mol. The molecular formula is C13H20N2O4S. The van der Waals surface area contributed by atoms with Gasteiger partial charge in [0, 0.05) is 12.6 Å². The molecule has 0 radical (unpaired) electrons. The lowest BCUT2D eigenvalue weighted by atomic mass is 10.1. The van der Waals surface area contributed by atoms with Gasteiger partial charge >= 0.3 is 5.97 Å². The summed E-state index contributed by atoms with van der Waals surface area (Å²) in [5.41, 5.74) is 6.56. The maximum atomic E-state index is 12.0. The molecule has 1 unspecified atom stereocenters. The van der Waals surface area contributed by atoms with E-state index >= 15 is 0 Å². The van der Waals surface area contributed by atoms with Crippen LogP contribution >= 0.6 is 0 Å². The largest absolute Gasteiger partial charge is 0.466 e. The van der Waals surface area contributed by atoms with E-state index in [0.717, 1.165) is 5.56 Å². The average Bonchev–Trinajstić information content (AvgIpc) is 2.39. The van der Waals surface area contributed by atoms with Gasteiger partial charge in [-0.3, -0.25) is 4.79 Å². The van der Waals surface area contributed by atoms with Crippen LogP contribution in [0.15, 0.2) is 29.2 Å². The van der Waals surface area contributed by atoms with E-state index in [4.69, 9.17) is 10.5 Å². The van der Waals surface area contributed by atoms with Crippen LogP contribution in [0.25, 0.3) is 0 Å². The SMILES string of the molecule is CCOC(=O)CCNS(=O)(=O)c1ccc(C(C)N)cc1. The Balaban J connectivity index is 2.62. The molecule has 0 fully saturated rings. The maximum absolute atomic E-state index is 12.0. The first kappa shape index (κ1) is 16.6. The lowest BCUT2D eigenvalue weighted by Gasteiger charge is -2.09.